The average Bonchev–Trinajstić information content (AvgIpc) is 2.82. The van der Waals surface area contributed by atoms with E-state index in [4.69, 9.17) is 9.47 Å². The van der Waals surface area contributed by atoms with Crippen molar-refractivity contribution in [2.24, 2.45) is 0 Å². The van der Waals surface area contributed by atoms with Crippen LogP contribution in [-0.2, 0) is 30.0 Å². The summed E-state index contributed by atoms with van der Waals surface area (Å²) in [7, 11) is 1.63. The van der Waals surface area contributed by atoms with Gasteiger partial charge in [0.15, 0.2) is 12.4 Å². The minimum absolute atomic E-state index is 0.0582. The quantitative estimate of drug-likeness (QED) is 0.401. The van der Waals surface area contributed by atoms with Crippen molar-refractivity contribution in [3.8, 4) is 0 Å². The van der Waals surface area contributed by atoms with Gasteiger partial charge in [-0.25, -0.2) is 0 Å². The topological polar surface area (TPSA) is 84.9 Å². The Bertz CT molecular complexity index is 905. The van der Waals surface area contributed by atoms with Crippen LogP contribution in [0.5, 0.6) is 0 Å². The summed E-state index contributed by atoms with van der Waals surface area (Å²) in [5.74, 6) is -1.50. The molecule has 10 heteroatoms. The Morgan fingerprint density at radius 3 is 2.15 bits per heavy atom. The van der Waals surface area contributed by atoms with Crippen LogP contribution in [-0.4, -0.2) is 50.6 Å². The van der Waals surface area contributed by atoms with Crippen LogP contribution in [0.4, 0.5) is 24.5 Å². The number of rotatable bonds is 10. The molecular weight excluding hydrogens is 453 g/mol. The largest absolute Gasteiger partial charge is 0.449 e. The van der Waals surface area contributed by atoms with Crippen molar-refractivity contribution in [3.05, 3.63) is 60.2 Å². The number of amides is 1. The number of benzene rings is 2. The molecule has 0 aliphatic heterocycles. The number of carbonyl (C=O) groups is 3. The van der Waals surface area contributed by atoms with Gasteiger partial charge in [0.05, 0.1) is 12.2 Å². The summed E-state index contributed by atoms with van der Waals surface area (Å²) >= 11 is 0. The molecule has 0 aliphatic carbocycles. The molecular formula is C24H29F3N2O5. The van der Waals surface area contributed by atoms with E-state index in [0.717, 1.165) is 19.1 Å². The highest BCUT2D eigenvalue weighted by atomic mass is 19.4. The van der Waals surface area contributed by atoms with Crippen LogP contribution in [0.3, 0.4) is 0 Å². The molecule has 0 radical (unpaired) electrons. The summed E-state index contributed by atoms with van der Waals surface area (Å²) in [5.41, 5.74) is 0.185. The van der Waals surface area contributed by atoms with Gasteiger partial charge in [0.25, 0.3) is 5.91 Å². The van der Waals surface area contributed by atoms with Gasteiger partial charge in [-0.3, -0.25) is 9.59 Å². The number of carbonyl (C=O) groups excluding carboxylic acids is 3. The minimum Gasteiger partial charge on any atom is -0.449 e. The van der Waals surface area contributed by atoms with Gasteiger partial charge in [0, 0.05) is 31.9 Å². The number of alkyl halides is 3. The zero-order valence-electron chi connectivity index (χ0n) is 19.5. The molecule has 0 bridgehead atoms. The number of esters is 1. The Hall–Kier alpha value is -3.40. The summed E-state index contributed by atoms with van der Waals surface area (Å²) in [6.07, 6.45) is -6.95. The van der Waals surface area contributed by atoms with Gasteiger partial charge in [-0.2, -0.15) is 13.2 Å². The lowest BCUT2D eigenvalue weighted by Gasteiger charge is -2.24. The van der Waals surface area contributed by atoms with Crippen LogP contribution in [0.1, 0.15) is 26.3 Å². The Labute approximate surface area is 196 Å². The third kappa shape index (κ3) is 9.22. The number of anilines is 2. The molecule has 0 spiro atoms. The lowest BCUT2D eigenvalue weighted by molar-refractivity contribution is -0.162. The molecule has 2 aromatic carbocycles. The lowest BCUT2D eigenvalue weighted by Crippen LogP contribution is -2.44. The van der Waals surface area contributed by atoms with E-state index in [1.165, 1.54) is 12.1 Å². The molecule has 34 heavy (non-hydrogen) atoms. The monoisotopic (exact) mass is 482 g/mol. The van der Waals surface area contributed by atoms with Crippen molar-refractivity contribution >= 4 is 29.5 Å². The van der Waals surface area contributed by atoms with Gasteiger partial charge in [-0.05, 0) is 36.4 Å². The minimum atomic E-state index is -4.43. The number of nitrogens with zero attached hydrogens (tertiary/aromatic N) is 1. The molecule has 0 heterocycles. The highest BCUT2D eigenvalue weighted by Crippen LogP contribution is 2.30. The highest BCUT2D eigenvalue weighted by Gasteiger charge is 2.32. The van der Waals surface area contributed by atoms with Crippen molar-refractivity contribution in [3.63, 3.8) is 0 Å². The maximum atomic E-state index is 12.7. The Morgan fingerprint density at radius 1 is 1.06 bits per heavy atom. The fraction of sp³-hybridized carbons (Fsp3) is 0.375. The molecule has 7 nitrogen and oxygen atoms in total. The fourth-order valence-corrected chi connectivity index (χ4v) is 2.74. The second-order valence-electron chi connectivity index (χ2n) is 6.82. The number of nitrogens with one attached hydrogen (secondary N) is 1. The van der Waals surface area contributed by atoms with Gasteiger partial charge < -0.3 is 24.5 Å². The van der Waals surface area contributed by atoms with Crippen LogP contribution >= 0.6 is 0 Å². The number of hydrogen-bond acceptors (Lipinski definition) is 6. The van der Waals surface area contributed by atoms with E-state index in [9.17, 15) is 27.6 Å². The van der Waals surface area contributed by atoms with Crippen LogP contribution in [0, 0.1) is 0 Å². The predicted octanol–water partition coefficient (Wildman–Crippen LogP) is 4.32. The fourth-order valence-electron chi connectivity index (χ4n) is 2.74. The zero-order chi connectivity index (χ0) is 25.7. The van der Waals surface area contributed by atoms with Crippen LogP contribution in [0.25, 0.3) is 0 Å². The predicted molar refractivity (Wildman–Crippen MR) is 122 cm³/mol. The molecule has 0 aliphatic rings. The van der Waals surface area contributed by atoms with Gasteiger partial charge >= 0.3 is 12.1 Å². The van der Waals surface area contributed by atoms with E-state index in [2.05, 4.69) is 5.32 Å². The molecule has 186 valence electrons. The van der Waals surface area contributed by atoms with E-state index < -0.39 is 35.8 Å². The molecule has 1 N–H and O–H groups in total. The number of hydrogen-bond donors (Lipinski definition) is 1. The number of halogens is 3. The maximum absolute atomic E-state index is 12.7. The van der Waals surface area contributed by atoms with Crippen molar-refractivity contribution in [1.29, 1.82) is 0 Å². The summed E-state index contributed by atoms with van der Waals surface area (Å²) in [6, 6.07) is 12.9. The van der Waals surface area contributed by atoms with E-state index in [1.807, 2.05) is 13.8 Å². The van der Waals surface area contributed by atoms with Crippen LogP contribution in [0.15, 0.2) is 54.6 Å². The summed E-state index contributed by atoms with van der Waals surface area (Å²) in [6.45, 7) is 5.24. The molecule has 2 atom stereocenters. The number of aldehydes is 1. The number of ether oxygens (including phenoxy) is 2. The first-order chi connectivity index (χ1) is 16.1. The standard InChI is InChI=1S/C22H23F3N2O5.C2H6/c1-15(29)32-20(21(30)26-17-6-4-3-5-7-17)19(14-28)31-13-12-27(2)18-10-8-16(9-11-18)22(23,24)25;1-2/h3-11,14,19-20H,12-13H2,1-2H3,(H,26,30);1-2H3. The molecule has 0 fully saturated rings. The Kier molecular flexibility index (Phi) is 11.8. The smallest absolute Gasteiger partial charge is 0.416 e. The molecule has 0 aromatic heterocycles. The van der Waals surface area contributed by atoms with Crippen molar-refractivity contribution in [2.45, 2.75) is 39.2 Å². The highest BCUT2D eigenvalue weighted by molar-refractivity contribution is 5.97. The third-order valence-electron chi connectivity index (χ3n) is 4.40. The number of likely N-dealkylation sites (N-methyl/N-ethyl adjacent to an activating group) is 1. The molecule has 0 saturated heterocycles. The SMILES string of the molecule is CC.CC(=O)OC(C(=O)Nc1ccccc1)C(C=O)OCCN(C)c1ccc(C(F)(F)F)cc1. The first-order valence-electron chi connectivity index (χ1n) is 10.6. The lowest BCUT2D eigenvalue weighted by atomic mass is 10.2. The van der Waals surface area contributed by atoms with Gasteiger partial charge in [0.1, 0.15) is 0 Å². The first-order valence-corrected chi connectivity index (χ1v) is 10.6. The van der Waals surface area contributed by atoms with Crippen LogP contribution < -0.4 is 10.2 Å². The normalized spacial score (nSPS) is 12.4. The zero-order valence-corrected chi connectivity index (χ0v) is 19.5. The van der Waals surface area contributed by atoms with Crippen molar-refractivity contribution < 1.29 is 37.0 Å². The van der Waals surface area contributed by atoms with Crippen LogP contribution in [0.2, 0.25) is 0 Å². The number of para-hydroxylation sites is 1. The Morgan fingerprint density at radius 2 is 1.65 bits per heavy atom. The molecule has 1 amide bonds. The first kappa shape index (κ1) is 28.6. The van der Waals surface area contributed by atoms with E-state index in [-0.39, 0.29) is 13.2 Å². The van der Waals surface area contributed by atoms with Gasteiger partial charge in [-0.1, -0.05) is 32.0 Å². The molecule has 2 aromatic rings. The Balaban J connectivity index is 0.00000281. The van der Waals surface area contributed by atoms with E-state index >= 15 is 0 Å². The summed E-state index contributed by atoms with van der Waals surface area (Å²) < 4.78 is 48.5. The van der Waals surface area contributed by atoms with Gasteiger partial charge in [-0.15, -0.1) is 0 Å². The molecule has 2 rings (SSSR count). The average molecular weight is 482 g/mol. The third-order valence-corrected chi connectivity index (χ3v) is 4.40. The van der Waals surface area contributed by atoms with Crippen molar-refractivity contribution in [1.82, 2.24) is 0 Å². The van der Waals surface area contributed by atoms with E-state index in [0.29, 0.717) is 17.7 Å². The summed E-state index contributed by atoms with van der Waals surface area (Å²) in [4.78, 5) is 37.1. The second kappa shape index (κ2) is 14.0. The van der Waals surface area contributed by atoms with E-state index in [1.54, 1.807) is 42.3 Å². The van der Waals surface area contributed by atoms with Crippen molar-refractivity contribution in [2.75, 3.05) is 30.4 Å². The summed E-state index contributed by atoms with van der Waals surface area (Å²) in [5, 5.41) is 2.55. The second-order valence-corrected chi connectivity index (χ2v) is 6.82. The molecule has 2 unspecified atom stereocenters. The maximum Gasteiger partial charge on any atom is 0.416 e. The molecule has 0 saturated carbocycles. The van der Waals surface area contributed by atoms with Gasteiger partial charge in [0.2, 0.25) is 6.10 Å².